The normalized spacial score (nSPS) is 11.8. The fourth-order valence-corrected chi connectivity index (χ4v) is 3.97. The molecule has 0 fully saturated rings. The van der Waals surface area contributed by atoms with E-state index in [-0.39, 0.29) is 17.9 Å². The van der Waals surface area contributed by atoms with Crippen molar-refractivity contribution in [3.8, 4) is 5.75 Å². The van der Waals surface area contributed by atoms with E-state index in [1.807, 2.05) is 62.4 Å². The van der Waals surface area contributed by atoms with Crippen molar-refractivity contribution in [1.29, 1.82) is 0 Å². The zero-order chi connectivity index (χ0) is 22.1. The van der Waals surface area contributed by atoms with Crippen molar-refractivity contribution < 1.29 is 14.3 Å². The third-order valence-corrected chi connectivity index (χ3v) is 6.03. The lowest BCUT2D eigenvalue weighted by molar-refractivity contribution is -0.138. The van der Waals surface area contributed by atoms with Crippen LogP contribution >= 0.6 is 27.7 Å². The number of rotatable bonds is 10. The van der Waals surface area contributed by atoms with Gasteiger partial charge in [-0.25, -0.2) is 0 Å². The summed E-state index contributed by atoms with van der Waals surface area (Å²) in [6, 6.07) is 15.1. The Hall–Kier alpha value is -1.99. The highest BCUT2D eigenvalue weighted by molar-refractivity contribution is 9.10. The monoisotopic (exact) mass is 492 g/mol. The fourth-order valence-electron chi connectivity index (χ4n) is 2.84. The molecule has 0 aliphatic heterocycles. The Bertz CT molecular complexity index is 825. The summed E-state index contributed by atoms with van der Waals surface area (Å²) in [4.78, 5) is 27.3. The van der Waals surface area contributed by atoms with Gasteiger partial charge in [-0.05, 0) is 56.2 Å². The third kappa shape index (κ3) is 7.69. The van der Waals surface area contributed by atoms with Gasteiger partial charge in [0.15, 0.2) is 0 Å². The second-order valence-corrected chi connectivity index (χ2v) is 9.23. The summed E-state index contributed by atoms with van der Waals surface area (Å²) < 4.78 is 6.15. The Morgan fingerprint density at radius 2 is 1.63 bits per heavy atom. The predicted molar refractivity (Wildman–Crippen MR) is 127 cm³/mol. The number of nitrogens with zero attached hydrogens (tertiary/aromatic N) is 1. The minimum atomic E-state index is -0.551. The average molecular weight is 493 g/mol. The van der Waals surface area contributed by atoms with E-state index in [9.17, 15) is 9.59 Å². The highest BCUT2D eigenvalue weighted by Gasteiger charge is 2.26. The number of ether oxygens (including phenoxy) is 1. The number of halogens is 1. The van der Waals surface area contributed by atoms with Gasteiger partial charge < -0.3 is 15.0 Å². The molecule has 0 bridgehead atoms. The maximum atomic E-state index is 13.0. The van der Waals surface area contributed by atoms with E-state index < -0.39 is 6.04 Å². The standard InChI is InChI=1S/C23H29BrN2O3S/c1-16(2)25-23(28)17(3)26(13-18-5-9-20(24)10-6-18)22(27)15-30-14-19-7-11-21(29-4)12-8-19/h5-12,16-17H,13-15H2,1-4H3,(H,25,28). The Morgan fingerprint density at radius 3 is 2.20 bits per heavy atom. The molecule has 0 aromatic heterocycles. The van der Waals surface area contributed by atoms with E-state index in [0.29, 0.717) is 18.1 Å². The summed E-state index contributed by atoms with van der Waals surface area (Å²) in [7, 11) is 1.64. The average Bonchev–Trinajstić information content (AvgIpc) is 2.72. The molecule has 0 saturated heterocycles. The maximum absolute atomic E-state index is 13.0. The van der Waals surface area contributed by atoms with Crippen LogP contribution in [0.5, 0.6) is 5.75 Å². The molecule has 0 aliphatic rings. The number of amides is 2. The van der Waals surface area contributed by atoms with Gasteiger partial charge in [0, 0.05) is 22.8 Å². The first-order valence-electron chi connectivity index (χ1n) is 9.85. The first kappa shape index (κ1) is 24.3. The lowest BCUT2D eigenvalue weighted by atomic mass is 10.1. The summed E-state index contributed by atoms with van der Waals surface area (Å²) in [5, 5.41) is 2.91. The summed E-state index contributed by atoms with van der Waals surface area (Å²) in [5.74, 6) is 1.64. The van der Waals surface area contributed by atoms with Crippen LogP contribution in [-0.2, 0) is 21.9 Å². The van der Waals surface area contributed by atoms with Crippen LogP contribution in [0, 0.1) is 0 Å². The highest BCUT2D eigenvalue weighted by atomic mass is 79.9. The van der Waals surface area contributed by atoms with Gasteiger partial charge in [0.2, 0.25) is 11.8 Å². The number of hydrogen-bond donors (Lipinski definition) is 1. The number of hydrogen-bond acceptors (Lipinski definition) is 4. The number of benzene rings is 2. The summed E-state index contributed by atoms with van der Waals surface area (Å²) in [5.41, 5.74) is 2.11. The quantitative estimate of drug-likeness (QED) is 0.524. The molecule has 7 heteroatoms. The molecule has 2 amide bonds. The van der Waals surface area contributed by atoms with Crippen LogP contribution in [-0.4, -0.2) is 41.7 Å². The van der Waals surface area contributed by atoms with Crippen molar-refractivity contribution in [3.63, 3.8) is 0 Å². The molecule has 1 unspecified atom stereocenters. The van der Waals surface area contributed by atoms with Gasteiger partial charge in [0.05, 0.1) is 12.9 Å². The molecule has 0 aliphatic carbocycles. The summed E-state index contributed by atoms with van der Waals surface area (Å²) in [6.45, 7) is 6.00. The second kappa shape index (κ2) is 12.0. The number of nitrogens with one attached hydrogen (secondary N) is 1. The molecule has 0 radical (unpaired) electrons. The maximum Gasteiger partial charge on any atom is 0.242 e. The molecule has 0 spiro atoms. The Kier molecular flexibility index (Phi) is 9.72. The van der Waals surface area contributed by atoms with Crippen LogP contribution in [0.25, 0.3) is 0 Å². The molecule has 2 aromatic carbocycles. The zero-order valence-electron chi connectivity index (χ0n) is 17.9. The van der Waals surface area contributed by atoms with Crippen molar-refractivity contribution in [3.05, 3.63) is 64.1 Å². The first-order valence-corrected chi connectivity index (χ1v) is 11.8. The van der Waals surface area contributed by atoms with Crippen molar-refractivity contribution in [2.75, 3.05) is 12.9 Å². The van der Waals surface area contributed by atoms with Crippen molar-refractivity contribution in [1.82, 2.24) is 10.2 Å². The third-order valence-electron chi connectivity index (χ3n) is 4.52. The highest BCUT2D eigenvalue weighted by Crippen LogP contribution is 2.19. The van der Waals surface area contributed by atoms with Gasteiger partial charge in [-0.1, -0.05) is 40.2 Å². The van der Waals surface area contributed by atoms with Crippen LogP contribution in [0.3, 0.4) is 0 Å². The first-order chi connectivity index (χ1) is 14.3. The molecule has 5 nitrogen and oxygen atoms in total. The van der Waals surface area contributed by atoms with Crippen molar-refractivity contribution >= 4 is 39.5 Å². The molecule has 0 saturated carbocycles. The molecule has 2 rings (SSSR count). The molecule has 30 heavy (non-hydrogen) atoms. The molecular weight excluding hydrogens is 464 g/mol. The van der Waals surface area contributed by atoms with Crippen LogP contribution in [0.15, 0.2) is 53.0 Å². The van der Waals surface area contributed by atoms with Gasteiger partial charge in [0.25, 0.3) is 0 Å². The topological polar surface area (TPSA) is 58.6 Å². The molecule has 1 N–H and O–H groups in total. The van der Waals surface area contributed by atoms with E-state index in [2.05, 4.69) is 21.2 Å². The Morgan fingerprint density at radius 1 is 1.03 bits per heavy atom. The molecule has 1 atom stereocenters. The van der Waals surface area contributed by atoms with Crippen LogP contribution in [0.2, 0.25) is 0 Å². The van der Waals surface area contributed by atoms with Crippen LogP contribution in [0.1, 0.15) is 31.9 Å². The minimum Gasteiger partial charge on any atom is -0.497 e. The largest absolute Gasteiger partial charge is 0.497 e. The second-order valence-electron chi connectivity index (χ2n) is 7.33. The van der Waals surface area contributed by atoms with Crippen molar-refractivity contribution in [2.45, 2.75) is 45.2 Å². The van der Waals surface area contributed by atoms with Gasteiger partial charge in [-0.15, -0.1) is 11.8 Å². The summed E-state index contributed by atoms with van der Waals surface area (Å²) >= 11 is 4.97. The van der Waals surface area contributed by atoms with E-state index in [0.717, 1.165) is 21.3 Å². The SMILES string of the molecule is COc1ccc(CSCC(=O)N(Cc2ccc(Br)cc2)C(C)C(=O)NC(C)C)cc1. The van der Waals surface area contributed by atoms with E-state index >= 15 is 0 Å². The van der Waals surface area contributed by atoms with E-state index in [1.165, 1.54) is 0 Å². The lowest BCUT2D eigenvalue weighted by Crippen LogP contribution is -2.49. The Labute approximate surface area is 191 Å². The fraction of sp³-hybridized carbons (Fsp3) is 0.391. The lowest BCUT2D eigenvalue weighted by Gasteiger charge is -2.29. The van der Waals surface area contributed by atoms with E-state index in [4.69, 9.17) is 4.74 Å². The summed E-state index contributed by atoms with van der Waals surface area (Å²) in [6.07, 6.45) is 0. The molecule has 0 heterocycles. The Balaban J connectivity index is 2.04. The van der Waals surface area contributed by atoms with Crippen molar-refractivity contribution in [2.24, 2.45) is 0 Å². The molecule has 162 valence electrons. The number of carbonyl (C=O) groups excluding carboxylic acids is 2. The van der Waals surface area contributed by atoms with Gasteiger partial charge >= 0.3 is 0 Å². The minimum absolute atomic E-state index is 0.0222. The van der Waals surface area contributed by atoms with Gasteiger partial charge in [0.1, 0.15) is 11.8 Å². The van der Waals surface area contributed by atoms with Crippen LogP contribution < -0.4 is 10.1 Å². The van der Waals surface area contributed by atoms with Gasteiger partial charge in [-0.2, -0.15) is 0 Å². The molecular formula is C23H29BrN2O3S. The zero-order valence-corrected chi connectivity index (χ0v) is 20.3. The molecule has 2 aromatic rings. The predicted octanol–water partition coefficient (Wildman–Crippen LogP) is 4.63. The number of thioether (sulfide) groups is 1. The van der Waals surface area contributed by atoms with E-state index in [1.54, 1.807) is 30.7 Å². The number of methoxy groups -OCH3 is 1. The smallest absolute Gasteiger partial charge is 0.242 e. The van der Waals surface area contributed by atoms with Crippen LogP contribution in [0.4, 0.5) is 0 Å². The van der Waals surface area contributed by atoms with Gasteiger partial charge in [-0.3, -0.25) is 9.59 Å². The number of carbonyl (C=O) groups is 2.